The molecule has 2 bridgehead atoms. The molecule has 1 spiro atoms. The Morgan fingerprint density at radius 3 is 2.39 bits per heavy atom. The van der Waals surface area contributed by atoms with Gasteiger partial charge in [0.2, 0.25) is 0 Å². The maximum atomic E-state index is 14.4. The lowest BCUT2D eigenvalue weighted by Gasteiger charge is -2.56. The number of alkyl halides is 1. The van der Waals surface area contributed by atoms with E-state index in [1.165, 1.54) is 0 Å². The first-order chi connectivity index (χ1) is 19.1. The smallest absolute Gasteiger partial charge is 0.192 e. The summed E-state index contributed by atoms with van der Waals surface area (Å²) in [7, 11) is -2.14. The summed E-state index contributed by atoms with van der Waals surface area (Å²) in [6, 6.07) is 10.2. The Labute approximate surface area is 255 Å². The van der Waals surface area contributed by atoms with Crippen molar-refractivity contribution in [2.75, 3.05) is 6.61 Å². The van der Waals surface area contributed by atoms with Crippen LogP contribution in [0.1, 0.15) is 53.0 Å². The SMILES string of the molecule is C=CC[C@@H]1C(=O)[C@H](Br)[C@]2(CO[Si](C)(C)C(C)(C)C)C[C@H]3[C@@H](OCc4ccccc4)[C@H]4OC(C)(C)O[C@@H]4[C@@H](C=C)[C@]13O2. The van der Waals surface area contributed by atoms with Crippen molar-refractivity contribution in [1.82, 2.24) is 0 Å². The van der Waals surface area contributed by atoms with Crippen molar-refractivity contribution < 1.29 is 28.2 Å². The average Bonchev–Trinajstić information content (AvgIpc) is 3.40. The number of halogens is 1. The zero-order valence-electron chi connectivity index (χ0n) is 25.7. The molecule has 6 nitrogen and oxygen atoms in total. The summed E-state index contributed by atoms with van der Waals surface area (Å²) in [5.74, 6) is -1.53. The van der Waals surface area contributed by atoms with Crippen LogP contribution in [0.4, 0.5) is 0 Å². The second kappa shape index (κ2) is 10.8. The van der Waals surface area contributed by atoms with Crippen molar-refractivity contribution in [3.05, 3.63) is 61.2 Å². The Balaban J connectivity index is 1.61. The van der Waals surface area contributed by atoms with Gasteiger partial charge in [-0.05, 0) is 50.4 Å². The molecule has 4 fully saturated rings. The van der Waals surface area contributed by atoms with E-state index in [0.29, 0.717) is 26.1 Å². The van der Waals surface area contributed by atoms with E-state index in [9.17, 15) is 4.79 Å². The number of benzene rings is 1. The van der Waals surface area contributed by atoms with E-state index in [4.69, 9.17) is 23.4 Å². The molecule has 226 valence electrons. The number of ether oxygens (including phenoxy) is 4. The summed E-state index contributed by atoms with van der Waals surface area (Å²) < 4.78 is 34.2. The van der Waals surface area contributed by atoms with Crippen molar-refractivity contribution >= 4 is 30.0 Å². The molecule has 1 aliphatic carbocycles. The normalized spacial score (nSPS) is 39.7. The summed E-state index contributed by atoms with van der Waals surface area (Å²) in [5.41, 5.74) is -0.656. The van der Waals surface area contributed by atoms with Gasteiger partial charge in [0.05, 0.1) is 36.9 Å². The molecule has 8 heteroatoms. The molecule has 0 unspecified atom stereocenters. The molecular weight excluding hydrogens is 600 g/mol. The fourth-order valence-corrected chi connectivity index (χ4v) is 9.11. The lowest BCUT2D eigenvalue weighted by molar-refractivity contribution is -0.242. The van der Waals surface area contributed by atoms with Crippen LogP contribution in [0.3, 0.4) is 0 Å². The third kappa shape index (κ3) is 5.09. The van der Waals surface area contributed by atoms with Crippen LogP contribution in [0.15, 0.2) is 55.6 Å². The minimum absolute atomic E-state index is 0.0216. The van der Waals surface area contributed by atoms with Crippen LogP contribution in [0.25, 0.3) is 0 Å². The van der Waals surface area contributed by atoms with Crippen molar-refractivity contribution in [1.29, 1.82) is 0 Å². The van der Waals surface area contributed by atoms with Crippen molar-refractivity contribution in [2.24, 2.45) is 17.8 Å². The highest BCUT2D eigenvalue weighted by Gasteiger charge is 2.77. The highest BCUT2D eigenvalue weighted by Crippen LogP contribution is 2.65. The van der Waals surface area contributed by atoms with Crippen molar-refractivity contribution in [2.45, 2.75) is 112 Å². The fraction of sp³-hybridized carbons (Fsp3) is 0.667. The van der Waals surface area contributed by atoms with Gasteiger partial charge in [0, 0.05) is 11.8 Å². The predicted molar refractivity (Wildman–Crippen MR) is 166 cm³/mol. The van der Waals surface area contributed by atoms with Crippen molar-refractivity contribution in [3.8, 4) is 0 Å². The molecule has 3 heterocycles. The van der Waals surface area contributed by atoms with Crippen molar-refractivity contribution in [3.63, 3.8) is 0 Å². The van der Waals surface area contributed by atoms with Gasteiger partial charge in [0.1, 0.15) is 16.5 Å². The van der Waals surface area contributed by atoms with Gasteiger partial charge in [-0.15, -0.1) is 13.2 Å². The first-order valence-electron chi connectivity index (χ1n) is 14.9. The minimum Gasteiger partial charge on any atom is -0.414 e. The largest absolute Gasteiger partial charge is 0.414 e. The lowest BCUT2D eigenvalue weighted by atomic mass is 9.58. The van der Waals surface area contributed by atoms with Crippen LogP contribution in [-0.4, -0.2) is 60.8 Å². The highest BCUT2D eigenvalue weighted by atomic mass is 79.9. The predicted octanol–water partition coefficient (Wildman–Crippen LogP) is 6.98. The average molecular weight is 648 g/mol. The van der Waals surface area contributed by atoms with Crippen LogP contribution in [0.2, 0.25) is 18.1 Å². The molecule has 3 saturated heterocycles. The molecule has 1 saturated carbocycles. The van der Waals surface area contributed by atoms with E-state index in [1.54, 1.807) is 0 Å². The number of Topliss-reactive ketones (excluding diaryl/α,β-unsaturated/α-hetero) is 1. The number of carbonyl (C=O) groups is 1. The molecule has 9 atom stereocenters. The summed E-state index contributed by atoms with van der Waals surface area (Å²) in [4.78, 5) is 13.8. The maximum absolute atomic E-state index is 14.4. The van der Waals surface area contributed by atoms with Gasteiger partial charge in [-0.1, -0.05) is 79.2 Å². The van der Waals surface area contributed by atoms with E-state index in [1.807, 2.05) is 44.2 Å². The Bertz CT molecular complexity index is 1160. The van der Waals surface area contributed by atoms with Crippen LogP contribution in [0, 0.1) is 17.8 Å². The summed E-state index contributed by atoms with van der Waals surface area (Å²) in [6.45, 7) is 24.1. The number of allylic oxidation sites excluding steroid dienone is 1. The molecule has 4 aliphatic rings. The summed E-state index contributed by atoms with van der Waals surface area (Å²) in [5, 5.41) is 0.0216. The Morgan fingerprint density at radius 2 is 1.78 bits per heavy atom. The molecule has 5 rings (SSSR count). The van der Waals surface area contributed by atoms with E-state index in [2.05, 4.69) is 75.1 Å². The number of hydrogen-bond acceptors (Lipinski definition) is 6. The molecule has 0 aromatic heterocycles. The standard InChI is InChI=1S/C33H47BrO6Si/c1-10-15-23-25(35)29(34)32(20-37-41(8,9)30(3,4)5)18-24-26(36-19-21-16-13-12-14-17-21)28-27(38-31(6,7)39-28)22(11-2)33(23,24)40-32/h10-14,16-17,22-24,26-29H,1-2,15,18-20H2,3-9H3/t22-,23-,24+,26-,27-,28-,29+,32-,33+/m1/s1. The molecule has 0 radical (unpaired) electrons. The molecular formula is C33H47BrO6Si. The fourth-order valence-electron chi connectivity index (χ4n) is 7.34. The Kier molecular flexibility index (Phi) is 8.24. The first-order valence-corrected chi connectivity index (χ1v) is 18.7. The highest BCUT2D eigenvalue weighted by molar-refractivity contribution is 9.10. The third-order valence-corrected chi connectivity index (χ3v) is 16.1. The zero-order chi connectivity index (χ0) is 30.0. The monoisotopic (exact) mass is 646 g/mol. The molecule has 0 amide bonds. The molecule has 1 aromatic rings. The number of rotatable bonds is 9. The summed E-state index contributed by atoms with van der Waals surface area (Å²) >= 11 is 3.84. The van der Waals surface area contributed by atoms with E-state index in [-0.39, 0.29) is 41.0 Å². The van der Waals surface area contributed by atoms with Crippen LogP contribution in [-0.2, 0) is 34.8 Å². The number of fused-ring (bicyclic) bond motifs is 2. The van der Waals surface area contributed by atoms with Gasteiger partial charge in [0.25, 0.3) is 0 Å². The topological polar surface area (TPSA) is 63.2 Å². The van der Waals surface area contributed by atoms with Gasteiger partial charge in [-0.2, -0.15) is 0 Å². The number of ketones is 1. The van der Waals surface area contributed by atoms with E-state index in [0.717, 1.165) is 5.56 Å². The van der Waals surface area contributed by atoms with Gasteiger partial charge in [-0.3, -0.25) is 4.79 Å². The Morgan fingerprint density at radius 1 is 1.12 bits per heavy atom. The molecule has 41 heavy (non-hydrogen) atoms. The van der Waals surface area contributed by atoms with Crippen LogP contribution < -0.4 is 0 Å². The zero-order valence-corrected chi connectivity index (χ0v) is 28.2. The second-order valence-corrected chi connectivity index (χ2v) is 20.0. The van der Waals surface area contributed by atoms with E-state index >= 15 is 0 Å². The maximum Gasteiger partial charge on any atom is 0.192 e. The van der Waals surface area contributed by atoms with Gasteiger partial charge in [-0.25, -0.2) is 0 Å². The summed E-state index contributed by atoms with van der Waals surface area (Å²) in [6.07, 6.45) is 3.79. The van der Waals surface area contributed by atoms with Gasteiger partial charge < -0.3 is 23.4 Å². The minimum atomic E-state index is -2.14. The van der Waals surface area contributed by atoms with Gasteiger partial charge in [0.15, 0.2) is 19.9 Å². The second-order valence-electron chi connectivity index (χ2n) is 14.3. The molecule has 3 aliphatic heterocycles. The lowest BCUT2D eigenvalue weighted by Crippen LogP contribution is -2.70. The molecule has 1 aromatic carbocycles. The number of hydrogen-bond donors (Lipinski definition) is 0. The van der Waals surface area contributed by atoms with Gasteiger partial charge >= 0.3 is 0 Å². The first kappa shape index (κ1) is 31.3. The van der Waals surface area contributed by atoms with E-state index < -0.39 is 36.1 Å². The molecule has 0 N–H and O–H groups in total. The van der Waals surface area contributed by atoms with Crippen LogP contribution >= 0.6 is 15.9 Å². The Hall–Kier alpha value is -1.13. The third-order valence-electron chi connectivity index (χ3n) is 10.3. The quantitative estimate of drug-likeness (QED) is 0.164. The van der Waals surface area contributed by atoms with Crippen LogP contribution in [0.5, 0.6) is 0 Å². The number of carbonyl (C=O) groups excluding carboxylic acids is 1.